The van der Waals surface area contributed by atoms with E-state index in [1.807, 2.05) is 0 Å². The number of aliphatic hydroxyl groups is 1. The summed E-state index contributed by atoms with van der Waals surface area (Å²) in [5.41, 5.74) is -2.12. The molecule has 3 nitrogen and oxygen atoms in total. The summed E-state index contributed by atoms with van der Waals surface area (Å²) < 4.78 is 37.2. The van der Waals surface area contributed by atoms with Gasteiger partial charge in [-0.25, -0.2) is 0 Å². The van der Waals surface area contributed by atoms with Crippen molar-refractivity contribution in [3.05, 3.63) is 17.0 Å². The molecular weight excluding hydrogens is 241 g/mol. The van der Waals surface area contributed by atoms with Gasteiger partial charge < -0.3 is 5.11 Å². The summed E-state index contributed by atoms with van der Waals surface area (Å²) in [4.78, 5) is 0. The third-order valence-corrected chi connectivity index (χ3v) is 2.97. The fourth-order valence-electron chi connectivity index (χ4n) is 1.43. The van der Waals surface area contributed by atoms with Gasteiger partial charge in [-0.1, -0.05) is 0 Å². The van der Waals surface area contributed by atoms with E-state index in [-0.39, 0.29) is 30.7 Å². The van der Waals surface area contributed by atoms with Gasteiger partial charge in [-0.15, -0.1) is 0 Å². The van der Waals surface area contributed by atoms with Crippen LogP contribution in [0, 0.1) is 13.8 Å². The first-order chi connectivity index (χ1) is 7.35. The summed E-state index contributed by atoms with van der Waals surface area (Å²) in [6, 6.07) is 0. The van der Waals surface area contributed by atoms with Gasteiger partial charge >= 0.3 is 5.51 Å². The predicted molar refractivity (Wildman–Crippen MR) is 56.1 cm³/mol. The lowest BCUT2D eigenvalue weighted by molar-refractivity contribution is -0.0328. The smallest absolute Gasteiger partial charge is 0.392 e. The molecule has 0 aliphatic rings. The normalized spacial score (nSPS) is 12.1. The second kappa shape index (κ2) is 5.09. The molecule has 1 heterocycles. The molecule has 1 rings (SSSR count). The third-order valence-electron chi connectivity index (χ3n) is 2.26. The van der Waals surface area contributed by atoms with Crippen LogP contribution in [-0.4, -0.2) is 26.1 Å². The lowest BCUT2D eigenvalue weighted by Crippen LogP contribution is -2.09. The van der Waals surface area contributed by atoms with Crippen molar-refractivity contribution in [3.8, 4) is 0 Å². The van der Waals surface area contributed by atoms with Crippen molar-refractivity contribution in [1.29, 1.82) is 0 Å². The van der Waals surface area contributed by atoms with Crippen LogP contribution in [0.15, 0.2) is 0 Å². The number of thioether (sulfide) groups is 1. The lowest BCUT2D eigenvalue weighted by Gasteiger charge is -2.07. The Labute approximate surface area is 95.6 Å². The molecule has 0 saturated carbocycles. The minimum absolute atomic E-state index is 0.0635. The number of nitrogens with zero attached hydrogens (tertiary/aromatic N) is 2. The molecule has 0 atom stereocenters. The average molecular weight is 254 g/mol. The summed E-state index contributed by atoms with van der Waals surface area (Å²) >= 11 is -0.0635. The predicted octanol–water partition coefficient (Wildman–Crippen LogP) is 2.25. The summed E-state index contributed by atoms with van der Waals surface area (Å²) in [7, 11) is 0. The molecule has 0 radical (unpaired) electrons. The first-order valence-corrected chi connectivity index (χ1v) is 5.68. The molecule has 0 fully saturated rings. The van der Waals surface area contributed by atoms with Crippen LogP contribution in [0.5, 0.6) is 0 Å². The van der Waals surface area contributed by atoms with E-state index in [4.69, 9.17) is 5.11 Å². The Bertz CT molecular complexity index is 362. The van der Waals surface area contributed by atoms with Gasteiger partial charge in [0.15, 0.2) is 0 Å². The molecular formula is C9H13F3N2OS. The molecule has 0 amide bonds. The van der Waals surface area contributed by atoms with Gasteiger partial charge in [-0.2, -0.15) is 18.3 Å². The number of aromatic nitrogens is 2. The van der Waals surface area contributed by atoms with Crippen LogP contribution < -0.4 is 0 Å². The van der Waals surface area contributed by atoms with E-state index >= 15 is 0 Å². The van der Waals surface area contributed by atoms with Crippen LogP contribution in [0.1, 0.15) is 17.0 Å². The maximum absolute atomic E-state index is 11.9. The number of hydrogen-bond acceptors (Lipinski definition) is 3. The maximum Gasteiger partial charge on any atom is 0.441 e. The monoisotopic (exact) mass is 254 g/mol. The SMILES string of the molecule is Cc1nn(CCSC(F)(F)F)c(C)c1CO. The standard InChI is InChI=1S/C9H13F3N2OS/c1-6-8(5-15)7(2)14(13-6)3-4-16-9(10,11)12/h15H,3-5H2,1-2H3. The van der Waals surface area contributed by atoms with Crippen molar-refractivity contribution >= 4 is 11.8 Å². The number of alkyl halides is 3. The second-order valence-corrected chi connectivity index (χ2v) is 4.48. The van der Waals surface area contributed by atoms with E-state index in [0.717, 1.165) is 5.69 Å². The maximum atomic E-state index is 11.9. The minimum Gasteiger partial charge on any atom is -0.392 e. The van der Waals surface area contributed by atoms with Crippen LogP contribution in [0.4, 0.5) is 13.2 Å². The van der Waals surface area contributed by atoms with Crippen molar-refractivity contribution in [3.63, 3.8) is 0 Å². The van der Waals surface area contributed by atoms with Crippen LogP contribution in [-0.2, 0) is 13.2 Å². The van der Waals surface area contributed by atoms with Crippen molar-refractivity contribution in [2.75, 3.05) is 5.75 Å². The molecule has 0 aliphatic heterocycles. The molecule has 1 aromatic rings. The topological polar surface area (TPSA) is 38.0 Å². The first kappa shape index (κ1) is 13.4. The number of rotatable bonds is 4. The Morgan fingerprint density at radius 1 is 1.38 bits per heavy atom. The molecule has 0 spiro atoms. The number of aliphatic hydroxyl groups excluding tert-OH is 1. The van der Waals surface area contributed by atoms with Crippen LogP contribution in [0.25, 0.3) is 0 Å². The zero-order valence-electron chi connectivity index (χ0n) is 9.01. The van der Waals surface area contributed by atoms with Gasteiger partial charge in [0.05, 0.1) is 18.8 Å². The van der Waals surface area contributed by atoms with E-state index in [9.17, 15) is 13.2 Å². The van der Waals surface area contributed by atoms with Crippen molar-refractivity contribution in [2.24, 2.45) is 0 Å². The summed E-state index contributed by atoms with van der Waals surface area (Å²) in [5, 5.41) is 13.1. The van der Waals surface area contributed by atoms with Crippen LogP contribution in [0.3, 0.4) is 0 Å². The molecule has 7 heteroatoms. The highest BCUT2D eigenvalue weighted by Crippen LogP contribution is 2.30. The van der Waals surface area contributed by atoms with E-state index in [0.29, 0.717) is 11.3 Å². The van der Waals surface area contributed by atoms with E-state index < -0.39 is 5.51 Å². The lowest BCUT2D eigenvalue weighted by atomic mass is 10.2. The fourth-order valence-corrected chi connectivity index (χ4v) is 1.92. The summed E-state index contributed by atoms with van der Waals surface area (Å²) in [6.45, 7) is 3.52. The molecule has 92 valence electrons. The third kappa shape index (κ3) is 3.41. The van der Waals surface area contributed by atoms with E-state index in [1.165, 1.54) is 4.68 Å². The highest BCUT2D eigenvalue weighted by Gasteiger charge is 2.27. The van der Waals surface area contributed by atoms with Gasteiger partial charge in [0.25, 0.3) is 0 Å². The van der Waals surface area contributed by atoms with Gasteiger partial charge in [-0.3, -0.25) is 4.68 Å². The van der Waals surface area contributed by atoms with Gasteiger partial charge in [0.2, 0.25) is 0 Å². The van der Waals surface area contributed by atoms with Crippen molar-refractivity contribution in [1.82, 2.24) is 9.78 Å². The molecule has 0 aromatic carbocycles. The summed E-state index contributed by atoms with van der Waals surface area (Å²) in [6.07, 6.45) is 0. The van der Waals surface area contributed by atoms with Crippen molar-refractivity contribution in [2.45, 2.75) is 32.5 Å². The Morgan fingerprint density at radius 2 is 2.00 bits per heavy atom. The molecule has 1 N–H and O–H groups in total. The zero-order valence-corrected chi connectivity index (χ0v) is 9.82. The summed E-state index contributed by atoms with van der Waals surface area (Å²) in [5.74, 6) is -0.0731. The van der Waals surface area contributed by atoms with Gasteiger partial charge in [-0.05, 0) is 25.6 Å². The van der Waals surface area contributed by atoms with E-state index in [2.05, 4.69) is 5.10 Å². The van der Waals surface area contributed by atoms with E-state index in [1.54, 1.807) is 13.8 Å². The first-order valence-electron chi connectivity index (χ1n) is 4.69. The number of aryl methyl sites for hydroxylation is 2. The second-order valence-electron chi connectivity index (χ2n) is 3.32. The quantitative estimate of drug-likeness (QED) is 0.895. The van der Waals surface area contributed by atoms with Crippen LogP contribution in [0.2, 0.25) is 0 Å². The molecule has 16 heavy (non-hydrogen) atoms. The minimum atomic E-state index is -4.20. The van der Waals surface area contributed by atoms with Crippen molar-refractivity contribution < 1.29 is 18.3 Å². The fraction of sp³-hybridized carbons (Fsp3) is 0.667. The Balaban J connectivity index is 2.61. The molecule has 0 bridgehead atoms. The highest BCUT2D eigenvalue weighted by atomic mass is 32.2. The highest BCUT2D eigenvalue weighted by molar-refractivity contribution is 8.00. The van der Waals surface area contributed by atoms with Gasteiger partial charge in [0, 0.05) is 17.0 Å². The number of halogens is 3. The molecule has 0 saturated heterocycles. The number of hydrogen-bond donors (Lipinski definition) is 1. The zero-order chi connectivity index (χ0) is 12.3. The Kier molecular flexibility index (Phi) is 4.26. The average Bonchev–Trinajstić information content (AvgIpc) is 2.40. The van der Waals surface area contributed by atoms with Crippen LogP contribution >= 0.6 is 11.8 Å². The largest absolute Gasteiger partial charge is 0.441 e. The Hall–Kier alpha value is -0.690. The molecule has 0 aliphatic carbocycles. The molecule has 1 aromatic heterocycles. The Morgan fingerprint density at radius 3 is 2.44 bits per heavy atom. The molecule has 0 unspecified atom stereocenters. The van der Waals surface area contributed by atoms with Gasteiger partial charge in [0.1, 0.15) is 0 Å².